The first-order valence-corrected chi connectivity index (χ1v) is 10.6. The summed E-state index contributed by atoms with van der Waals surface area (Å²) in [5.41, 5.74) is 3.37. The van der Waals surface area contributed by atoms with E-state index in [0.717, 1.165) is 35.7 Å². The third-order valence-electron chi connectivity index (χ3n) is 4.91. The van der Waals surface area contributed by atoms with Gasteiger partial charge in [0, 0.05) is 34.4 Å². The predicted octanol–water partition coefficient (Wildman–Crippen LogP) is 4.86. The summed E-state index contributed by atoms with van der Waals surface area (Å²) in [6, 6.07) is 13.3. The van der Waals surface area contributed by atoms with Crippen LogP contribution in [0.3, 0.4) is 0 Å². The smallest absolute Gasteiger partial charge is 0.331 e. The number of ketones is 1. The first kappa shape index (κ1) is 21.6. The van der Waals surface area contributed by atoms with Gasteiger partial charge in [0.15, 0.2) is 6.61 Å². The molecule has 30 heavy (non-hydrogen) atoms. The number of Topliss-reactive ketones (excluding diaryl/α,β-unsaturated/α-hetero) is 1. The molecule has 3 aromatic rings. The molecule has 0 unspecified atom stereocenters. The summed E-state index contributed by atoms with van der Waals surface area (Å²) in [7, 11) is 1.60. The van der Waals surface area contributed by atoms with Crippen LogP contribution in [0.4, 0.5) is 0 Å². The van der Waals surface area contributed by atoms with Crippen molar-refractivity contribution in [3.8, 4) is 5.75 Å². The highest BCUT2D eigenvalue weighted by Crippen LogP contribution is 2.18. The Bertz CT molecular complexity index is 1030. The van der Waals surface area contributed by atoms with Gasteiger partial charge in [-0.25, -0.2) is 4.79 Å². The van der Waals surface area contributed by atoms with E-state index in [1.54, 1.807) is 24.5 Å². The monoisotopic (exact) mass is 423 g/mol. The Kier molecular flexibility index (Phi) is 7.25. The van der Waals surface area contributed by atoms with Crippen molar-refractivity contribution < 1.29 is 19.1 Å². The Morgan fingerprint density at radius 3 is 2.57 bits per heavy atom. The molecule has 0 aliphatic heterocycles. The lowest BCUT2D eigenvalue weighted by molar-refractivity contribution is -0.136. The van der Waals surface area contributed by atoms with E-state index < -0.39 is 5.97 Å². The van der Waals surface area contributed by atoms with Gasteiger partial charge in [-0.2, -0.15) is 0 Å². The molecule has 0 atom stereocenters. The number of hydrogen-bond donors (Lipinski definition) is 0. The Balaban J connectivity index is 1.55. The second-order valence-corrected chi connectivity index (χ2v) is 7.94. The van der Waals surface area contributed by atoms with Crippen LogP contribution in [0, 0.1) is 13.8 Å². The third-order valence-corrected chi connectivity index (χ3v) is 5.85. The predicted molar refractivity (Wildman–Crippen MR) is 119 cm³/mol. The minimum atomic E-state index is -0.550. The first-order chi connectivity index (χ1) is 14.5. The SMILES string of the molecule is COc1ccc(/C=C/C(=O)OCC(=O)c2cc(C)n(CCc3cccs3)c2C)cc1. The summed E-state index contributed by atoms with van der Waals surface area (Å²) in [4.78, 5) is 25.9. The van der Waals surface area contributed by atoms with Gasteiger partial charge >= 0.3 is 5.97 Å². The maximum Gasteiger partial charge on any atom is 0.331 e. The molecule has 0 aliphatic carbocycles. The van der Waals surface area contributed by atoms with Gasteiger partial charge in [-0.1, -0.05) is 18.2 Å². The Morgan fingerprint density at radius 2 is 1.90 bits per heavy atom. The number of aromatic nitrogens is 1. The fourth-order valence-corrected chi connectivity index (χ4v) is 3.94. The molecule has 0 saturated carbocycles. The molecule has 0 saturated heterocycles. The molecule has 0 bridgehead atoms. The Morgan fingerprint density at radius 1 is 1.13 bits per heavy atom. The Hall–Kier alpha value is -3.12. The number of aryl methyl sites for hydroxylation is 2. The fourth-order valence-electron chi connectivity index (χ4n) is 3.25. The van der Waals surface area contributed by atoms with E-state index in [2.05, 4.69) is 16.0 Å². The molecule has 5 nitrogen and oxygen atoms in total. The normalized spacial score (nSPS) is 11.0. The molecule has 1 aromatic carbocycles. The van der Waals surface area contributed by atoms with Gasteiger partial charge in [-0.15, -0.1) is 11.3 Å². The van der Waals surface area contributed by atoms with E-state index in [1.165, 1.54) is 11.0 Å². The van der Waals surface area contributed by atoms with E-state index in [0.29, 0.717) is 5.56 Å². The molecular formula is C24H25NO4S. The van der Waals surface area contributed by atoms with Gasteiger partial charge in [0.25, 0.3) is 0 Å². The zero-order valence-electron chi connectivity index (χ0n) is 17.4. The second-order valence-electron chi connectivity index (χ2n) is 6.90. The average Bonchev–Trinajstić information content (AvgIpc) is 3.37. The van der Waals surface area contributed by atoms with E-state index in [1.807, 2.05) is 50.2 Å². The Labute approximate surface area is 180 Å². The third kappa shape index (κ3) is 5.48. The van der Waals surface area contributed by atoms with Gasteiger partial charge < -0.3 is 14.0 Å². The lowest BCUT2D eigenvalue weighted by atomic mass is 10.1. The number of rotatable bonds is 9. The van der Waals surface area contributed by atoms with Crippen LogP contribution in [-0.4, -0.2) is 30.0 Å². The zero-order chi connectivity index (χ0) is 21.5. The van der Waals surface area contributed by atoms with E-state index >= 15 is 0 Å². The van der Waals surface area contributed by atoms with Crippen LogP contribution in [0.25, 0.3) is 6.08 Å². The minimum Gasteiger partial charge on any atom is -0.497 e. The molecule has 0 aliphatic rings. The van der Waals surface area contributed by atoms with Crippen LogP contribution in [0.1, 0.15) is 32.2 Å². The van der Waals surface area contributed by atoms with Crippen molar-refractivity contribution in [1.82, 2.24) is 4.57 Å². The summed E-state index contributed by atoms with van der Waals surface area (Å²) in [6.07, 6.45) is 3.88. The summed E-state index contributed by atoms with van der Waals surface area (Å²) in [6.45, 7) is 4.46. The number of methoxy groups -OCH3 is 1. The van der Waals surface area contributed by atoms with Crippen LogP contribution in [0.2, 0.25) is 0 Å². The van der Waals surface area contributed by atoms with Gasteiger partial charge in [-0.05, 0) is 61.6 Å². The largest absolute Gasteiger partial charge is 0.497 e. The fraction of sp³-hybridized carbons (Fsp3) is 0.250. The lowest BCUT2D eigenvalue weighted by Gasteiger charge is -2.09. The molecular weight excluding hydrogens is 398 g/mol. The quantitative estimate of drug-likeness (QED) is 0.280. The molecule has 0 N–H and O–H groups in total. The van der Waals surface area contributed by atoms with Crippen molar-refractivity contribution in [3.05, 3.63) is 81.3 Å². The van der Waals surface area contributed by atoms with Gasteiger partial charge in [0.1, 0.15) is 5.75 Å². The molecule has 0 amide bonds. The molecule has 3 rings (SSSR count). The van der Waals surface area contributed by atoms with Gasteiger partial charge in [0.2, 0.25) is 5.78 Å². The van der Waals surface area contributed by atoms with Crippen molar-refractivity contribution in [2.45, 2.75) is 26.8 Å². The van der Waals surface area contributed by atoms with Crippen LogP contribution < -0.4 is 4.74 Å². The number of esters is 1. The summed E-state index contributed by atoms with van der Waals surface area (Å²) in [5.74, 6) is -0.00402. The molecule has 0 fully saturated rings. The lowest BCUT2D eigenvalue weighted by Crippen LogP contribution is -2.14. The average molecular weight is 424 g/mol. The number of thiophene rings is 1. The standard InChI is InChI=1S/C24H25NO4S/c1-17-15-22(18(2)25(17)13-12-21-5-4-14-30-21)23(26)16-29-24(27)11-8-19-6-9-20(28-3)10-7-19/h4-11,14-15H,12-13,16H2,1-3H3/b11-8+. The highest BCUT2D eigenvalue weighted by atomic mass is 32.1. The number of carbonyl (C=O) groups is 2. The molecule has 2 aromatic heterocycles. The minimum absolute atomic E-state index is 0.198. The molecule has 0 radical (unpaired) electrons. The highest BCUT2D eigenvalue weighted by molar-refractivity contribution is 7.09. The number of benzene rings is 1. The summed E-state index contributed by atoms with van der Waals surface area (Å²) in [5, 5.41) is 2.07. The number of carbonyl (C=O) groups excluding carboxylic acids is 2. The topological polar surface area (TPSA) is 57.5 Å². The van der Waals surface area contributed by atoms with E-state index in [-0.39, 0.29) is 12.4 Å². The van der Waals surface area contributed by atoms with Crippen LogP contribution >= 0.6 is 11.3 Å². The first-order valence-electron chi connectivity index (χ1n) is 9.69. The van der Waals surface area contributed by atoms with Crippen molar-refractivity contribution in [1.29, 1.82) is 0 Å². The van der Waals surface area contributed by atoms with Crippen LogP contribution in [0.5, 0.6) is 5.75 Å². The van der Waals surface area contributed by atoms with Gasteiger partial charge in [-0.3, -0.25) is 4.79 Å². The molecule has 6 heteroatoms. The van der Waals surface area contributed by atoms with Crippen molar-refractivity contribution in [3.63, 3.8) is 0 Å². The van der Waals surface area contributed by atoms with Crippen LogP contribution in [-0.2, 0) is 22.5 Å². The molecule has 0 spiro atoms. The molecule has 156 valence electrons. The number of nitrogens with zero attached hydrogens (tertiary/aromatic N) is 1. The van der Waals surface area contributed by atoms with E-state index in [9.17, 15) is 9.59 Å². The maximum atomic E-state index is 12.6. The maximum absolute atomic E-state index is 12.6. The summed E-state index contributed by atoms with van der Waals surface area (Å²) < 4.78 is 12.4. The van der Waals surface area contributed by atoms with Crippen LogP contribution in [0.15, 0.2) is 53.9 Å². The number of ether oxygens (including phenoxy) is 2. The van der Waals surface area contributed by atoms with E-state index in [4.69, 9.17) is 9.47 Å². The zero-order valence-corrected chi connectivity index (χ0v) is 18.2. The van der Waals surface area contributed by atoms with Crippen molar-refractivity contribution in [2.24, 2.45) is 0 Å². The second kappa shape index (κ2) is 10.1. The van der Waals surface area contributed by atoms with Gasteiger partial charge in [0.05, 0.1) is 7.11 Å². The van der Waals surface area contributed by atoms with Crippen molar-refractivity contribution >= 4 is 29.2 Å². The summed E-state index contributed by atoms with van der Waals surface area (Å²) >= 11 is 1.73. The molecule has 2 heterocycles. The van der Waals surface area contributed by atoms with Crippen molar-refractivity contribution in [2.75, 3.05) is 13.7 Å². The highest BCUT2D eigenvalue weighted by Gasteiger charge is 2.17. The number of hydrogen-bond acceptors (Lipinski definition) is 5.